The fourth-order valence-electron chi connectivity index (χ4n) is 4.77. The van der Waals surface area contributed by atoms with Gasteiger partial charge >= 0.3 is 5.97 Å². The lowest BCUT2D eigenvalue weighted by atomic mass is 9.96. The molecule has 1 unspecified atom stereocenters. The number of esters is 1. The minimum absolute atomic E-state index is 0.0755. The largest absolute Gasteiger partial charge is 0.466 e. The Hall–Kier alpha value is -2.64. The van der Waals surface area contributed by atoms with Crippen molar-refractivity contribution < 1.29 is 14.3 Å². The average Bonchev–Trinajstić information content (AvgIpc) is 3.15. The molecule has 2 saturated heterocycles. The predicted octanol–water partition coefficient (Wildman–Crippen LogP) is 4.61. The van der Waals surface area contributed by atoms with E-state index in [2.05, 4.69) is 17.9 Å². The summed E-state index contributed by atoms with van der Waals surface area (Å²) in [5.41, 5.74) is 0.931. The number of ether oxygens (including phenoxy) is 1. The molecule has 0 N–H and O–H groups in total. The Morgan fingerprint density at radius 3 is 2.57 bits per heavy atom. The van der Waals surface area contributed by atoms with E-state index in [4.69, 9.17) is 17.0 Å². The molecule has 0 aromatic carbocycles. The third kappa shape index (κ3) is 6.27. The lowest BCUT2D eigenvalue weighted by Crippen LogP contribution is -2.43. The summed E-state index contributed by atoms with van der Waals surface area (Å²) in [6.45, 7) is 10.1. The maximum Gasteiger partial charge on any atom is 0.310 e. The van der Waals surface area contributed by atoms with E-state index in [1.807, 2.05) is 6.92 Å². The molecule has 0 radical (unpaired) electrons. The van der Waals surface area contributed by atoms with Crippen molar-refractivity contribution in [1.82, 2.24) is 9.47 Å². The SMILES string of the molecule is CCCCN1C(=O)C(=Cc2c(C)c(C#N)c(=O)n(CCCC)c2N2CCCC(C(=O)OCC)C2)SC1=S. The summed E-state index contributed by atoms with van der Waals surface area (Å²) in [5, 5.41) is 9.88. The molecule has 0 aliphatic carbocycles. The number of nitrogens with zero attached hydrogens (tertiary/aromatic N) is 4. The van der Waals surface area contributed by atoms with Gasteiger partial charge < -0.3 is 9.64 Å². The van der Waals surface area contributed by atoms with Crippen molar-refractivity contribution >= 4 is 52.1 Å². The van der Waals surface area contributed by atoms with Crippen molar-refractivity contribution in [2.45, 2.75) is 72.8 Å². The number of piperidine rings is 1. The van der Waals surface area contributed by atoms with Crippen molar-refractivity contribution in [3.05, 3.63) is 31.9 Å². The van der Waals surface area contributed by atoms with Gasteiger partial charge in [-0.05, 0) is 51.2 Å². The van der Waals surface area contributed by atoms with Gasteiger partial charge in [-0.3, -0.25) is 23.9 Å². The Labute approximate surface area is 228 Å². The summed E-state index contributed by atoms with van der Waals surface area (Å²) < 4.78 is 7.47. The van der Waals surface area contributed by atoms with E-state index in [-0.39, 0.29) is 28.9 Å². The van der Waals surface area contributed by atoms with Crippen molar-refractivity contribution in [3.63, 3.8) is 0 Å². The number of rotatable bonds is 10. The van der Waals surface area contributed by atoms with E-state index in [0.717, 1.165) is 38.5 Å². The van der Waals surface area contributed by atoms with Crippen molar-refractivity contribution in [2.24, 2.45) is 5.92 Å². The summed E-state index contributed by atoms with van der Waals surface area (Å²) in [4.78, 5) is 43.5. The molecular formula is C27H36N4O4S2. The summed E-state index contributed by atoms with van der Waals surface area (Å²) in [6, 6.07) is 2.09. The topological polar surface area (TPSA) is 95.6 Å². The summed E-state index contributed by atoms with van der Waals surface area (Å²) in [6.07, 6.45) is 6.70. The van der Waals surface area contributed by atoms with E-state index in [0.29, 0.717) is 59.0 Å². The van der Waals surface area contributed by atoms with Gasteiger partial charge in [0.15, 0.2) is 0 Å². The Morgan fingerprint density at radius 1 is 1.22 bits per heavy atom. The molecule has 0 spiro atoms. The number of thioether (sulfide) groups is 1. The second kappa shape index (κ2) is 13.2. The zero-order valence-corrected chi connectivity index (χ0v) is 23.8. The fourth-order valence-corrected chi connectivity index (χ4v) is 6.06. The van der Waals surface area contributed by atoms with E-state index < -0.39 is 0 Å². The van der Waals surface area contributed by atoms with Crippen LogP contribution in [0, 0.1) is 24.2 Å². The van der Waals surface area contributed by atoms with Gasteiger partial charge in [0.1, 0.15) is 21.8 Å². The van der Waals surface area contributed by atoms with Gasteiger partial charge in [0, 0.05) is 31.7 Å². The van der Waals surface area contributed by atoms with E-state index in [1.54, 1.807) is 29.4 Å². The molecule has 0 saturated carbocycles. The lowest BCUT2D eigenvalue weighted by Gasteiger charge is -2.36. The van der Waals surface area contributed by atoms with Crippen LogP contribution in [-0.2, 0) is 20.9 Å². The highest BCUT2D eigenvalue weighted by Crippen LogP contribution is 2.37. The van der Waals surface area contributed by atoms with Crippen LogP contribution in [0.3, 0.4) is 0 Å². The van der Waals surface area contributed by atoms with Crippen LogP contribution in [0.2, 0.25) is 0 Å². The number of hydrogen-bond donors (Lipinski definition) is 0. The van der Waals surface area contributed by atoms with Crippen LogP contribution < -0.4 is 10.5 Å². The average molecular weight is 545 g/mol. The van der Waals surface area contributed by atoms with Crippen molar-refractivity contribution in [1.29, 1.82) is 5.26 Å². The highest BCUT2D eigenvalue weighted by Gasteiger charge is 2.34. The standard InChI is InChI=1S/C27H36N4O4S2/c1-5-8-13-30-23(29-12-10-11-19(17-29)26(34)35-7-3)20(18(4)21(16-28)24(30)32)15-22-25(33)31(14-9-6-2)27(36)37-22/h15,19H,5-14,17H2,1-4H3. The second-order valence-corrected chi connectivity index (χ2v) is 11.1. The van der Waals surface area contributed by atoms with Gasteiger partial charge in [0.25, 0.3) is 11.5 Å². The van der Waals surface area contributed by atoms with Gasteiger partial charge in [-0.15, -0.1) is 0 Å². The first-order valence-corrected chi connectivity index (χ1v) is 14.4. The maximum absolute atomic E-state index is 13.5. The Morgan fingerprint density at radius 2 is 1.92 bits per heavy atom. The maximum atomic E-state index is 13.5. The molecule has 2 aliphatic rings. The lowest BCUT2D eigenvalue weighted by molar-refractivity contribution is -0.148. The number of thiocarbonyl (C=S) groups is 1. The molecular weight excluding hydrogens is 508 g/mol. The van der Waals surface area contributed by atoms with Gasteiger partial charge in [-0.2, -0.15) is 5.26 Å². The van der Waals surface area contributed by atoms with E-state index in [1.165, 1.54) is 11.8 Å². The molecule has 0 bridgehead atoms. The van der Waals surface area contributed by atoms with Gasteiger partial charge in [-0.25, -0.2) is 0 Å². The fraction of sp³-hybridized carbons (Fsp3) is 0.593. The van der Waals surface area contributed by atoms with E-state index in [9.17, 15) is 19.6 Å². The van der Waals surface area contributed by atoms with Crippen LogP contribution >= 0.6 is 24.0 Å². The highest BCUT2D eigenvalue weighted by molar-refractivity contribution is 8.26. The number of pyridine rings is 1. The number of aromatic nitrogens is 1. The van der Waals surface area contributed by atoms with Crippen molar-refractivity contribution in [2.75, 3.05) is 31.1 Å². The van der Waals surface area contributed by atoms with E-state index >= 15 is 0 Å². The number of unbranched alkanes of at least 4 members (excludes halogenated alkanes) is 2. The zero-order valence-electron chi connectivity index (χ0n) is 22.2. The third-order valence-electron chi connectivity index (χ3n) is 6.81. The number of nitriles is 1. The summed E-state index contributed by atoms with van der Waals surface area (Å²) >= 11 is 6.74. The van der Waals surface area contributed by atoms with Crippen LogP contribution in [0.1, 0.15) is 76.0 Å². The summed E-state index contributed by atoms with van der Waals surface area (Å²) in [5.74, 6) is -0.0396. The first kappa shape index (κ1) is 28.9. The van der Waals surface area contributed by atoms with Gasteiger partial charge in [-0.1, -0.05) is 50.7 Å². The van der Waals surface area contributed by atoms with Gasteiger partial charge in [0.05, 0.1) is 17.4 Å². The number of amides is 1. The smallest absolute Gasteiger partial charge is 0.310 e. The molecule has 10 heteroatoms. The van der Waals surface area contributed by atoms with Crippen LogP contribution in [0.4, 0.5) is 5.82 Å². The van der Waals surface area contributed by atoms with Crippen LogP contribution in [0.5, 0.6) is 0 Å². The minimum atomic E-state index is -0.339. The molecule has 200 valence electrons. The van der Waals surface area contributed by atoms with Crippen LogP contribution in [-0.4, -0.2) is 51.9 Å². The molecule has 3 heterocycles. The Kier molecular flexibility index (Phi) is 10.4. The van der Waals surface area contributed by atoms with Crippen LogP contribution in [0.15, 0.2) is 9.70 Å². The molecule has 1 amide bonds. The molecule has 1 aromatic rings. The highest BCUT2D eigenvalue weighted by atomic mass is 32.2. The van der Waals surface area contributed by atoms with Crippen molar-refractivity contribution in [3.8, 4) is 6.07 Å². The molecule has 1 aromatic heterocycles. The Balaban J connectivity index is 2.18. The molecule has 8 nitrogen and oxygen atoms in total. The Bertz CT molecular complexity index is 1180. The normalized spacial score (nSPS) is 19.0. The van der Waals surface area contributed by atoms with Gasteiger partial charge in [0.2, 0.25) is 0 Å². The number of carbonyl (C=O) groups excluding carboxylic acids is 2. The second-order valence-electron chi connectivity index (χ2n) is 9.38. The van der Waals surface area contributed by atoms with Crippen LogP contribution in [0.25, 0.3) is 6.08 Å². The first-order chi connectivity index (χ1) is 17.8. The molecule has 1 atom stereocenters. The molecule has 2 fully saturated rings. The molecule has 3 rings (SSSR count). The first-order valence-electron chi connectivity index (χ1n) is 13.1. The minimum Gasteiger partial charge on any atom is -0.466 e. The zero-order chi connectivity index (χ0) is 27.1. The quantitative estimate of drug-likeness (QED) is 0.239. The predicted molar refractivity (Wildman–Crippen MR) is 151 cm³/mol. The molecule has 2 aliphatic heterocycles. The number of carbonyl (C=O) groups is 2. The third-order valence-corrected chi connectivity index (χ3v) is 8.18. The summed E-state index contributed by atoms with van der Waals surface area (Å²) in [7, 11) is 0. The number of anilines is 1. The number of hydrogen-bond acceptors (Lipinski definition) is 8. The molecule has 37 heavy (non-hydrogen) atoms. The monoisotopic (exact) mass is 544 g/mol.